The van der Waals surface area contributed by atoms with Crippen LogP contribution in [0.15, 0.2) is 60.8 Å². The second-order valence-corrected chi connectivity index (χ2v) is 5.93. The molecule has 2 N–H and O–H groups in total. The first-order valence-electron chi connectivity index (χ1n) is 8.76. The lowest BCUT2D eigenvalue weighted by Crippen LogP contribution is -2.18. The van der Waals surface area contributed by atoms with Gasteiger partial charge in [-0.15, -0.1) is 0 Å². The molecule has 1 heterocycles. The topological polar surface area (TPSA) is 85.2 Å². The van der Waals surface area contributed by atoms with Gasteiger partial charge in [0.05, 0.1) is 5.69 Å². The number of nitrogens with zero attached hydrogens (tertiary/aromatic N) is 2. The van der Waals surface area contributed by atoms with Crippen LogP contribution >= 0.6 is 0 Å². The fraction of sp³-hybridized carbons (Fsp3) is 0.150. The fourth-order valence-corrected chi connectivity index (χ4v) is 2.56. The molecular weight excluding hydrogens is 382 g/mol. The number of rotatable bonds is 7. The Morgan fingerprint density at radius 1 is 1.07 bits per heavy atom. The number of halogens is 2. The normalized spacial score (nSPS) is 10.6. The zero-order chi connectivity index (χ0) is 20.8. The third kappa shape index (κ3) is 5.16. The van der Waals surface area contributed by atoms with Crippen molar-refractivity contribution >= 4 is 23.2 Å². The van der Waals surface area contributed by atoms with Crippen LogP contribution in [0.2, 0.25) is 0 Å². The molecule has 0 spiro atoms. The molecule has 3 aromatic rings. The maximum Gasteiger partial charge on any atom is 0.387 e. The summed E-state index contributed by atoms with van der Waals surface area (Å²) in [4.78, 5) is 25.2. The number of aryl methyl sites for hydroxylation is 1. The average Bonchev–Trinajstić information content (AvgIpc) is 3.11. The quantitative estimate of drug-likeness (QED) is 0.628. The summed E-state index contributed by atoms with van der Waals surface area (Å²) in [5, 5.41) is 9.51. The van der Waals surface area contributed by atoms with Gasteiger partial charge < -0.3 is 15.4 Å². The van der Waals surface area contributed by atoms with Gasteiger partial charge in [-0.1, -0.05) is 24.3 Å². The van der Waals surface area contributed by atoms with Gasteiger partial charge in [0.25, 0.3) is 11.8 Å². The molecule has 0 radical (unpaired) electrons. The van der Waals surface area contributed by atoms with E-state index in [0.29, 0.717) is 12.2 Å². The average molecular weight is 400 g/mol. The molecule has 0 aliphatic rings. The number of amides is 2. The van der Waals surface area contributed by atoms with Crippen molar-refractivity contribution in [3.63, 3.8) is 0 Å². The number of aromatic nitrogens is 2. The Morgan fingerprint density at radius 2 is 1.83 bits per heavy atom. The molecule has 0 saturated carbocycles. The fourth-order valence-electron chi connectivity index (χ4n) is 2.56. The van der Waals surface area contributed by atoms with Crippen molar-refractivity contribution in [3.8, 4) is 5.75 Å². The van der Waals surface area contributed by atoms with Crippen molar-refractivity contribution in [2.24, 2.45) is 0 Å². The first-order valence-corrected chi connectivity index (χ1v) is 8.76. The lowest BCUT2D eigenvalue weighted by atomic mass is 10.2. The first kappa shape index (κ1) is 20.0. The van der Waals surface area contributed by atoms with Crippen LogP contribution in [-0.4, -0.2) is 28.2 Å². The van der Waals surface area contributed by atoms with E-state index in [1.165, 1.54) is 35.1 Å². The van der Waals surface area contributed by atoms with Gasteiger partial charge >= 0.3 is 6.61 Å². The Kier molecular flexibility index (Phi) is 6.18. The van der Waals surface area contributed by atoms with Crippen LogP contribution in [0.5, 0.6) is 5.75 Å². The van der Waals surface area contributed by atoms with Gasteiger partial charge in [-0.25, -0.2) is 0 Å². The zero-order valence-electron chi connectivity index (χ0n) is 15.4. The van der Waals surface area contributed by atoms with Gasteiger partial charge in [0, 0.05) is 24.0 Å². The molecule has 9 heteroatoms. The smallest absolute Gasteiger partial charge is 0.387 e. The molecule has 150 valence electrons. The number of nitrogens with one attached hydrogen (secondary N) is 2. The summed E-state index contributed by atoms with van der Waals surface area (Å²) in [5.74, 6) is -1.22. The molecule has 0 atom stereocenters. The summed E-state index contributed by atoms with van der Waals surface area (Å²) in [6.07, 6.45) is 1.53. The molecule has 0 aliphatic carbocycles. The highest BCUT2D eigenvalue weighted by molar-refractivity contribution is 6.11. The van der Waals surface area contributed by atoms with Gasteiger partial charge in [0.15, 0.2) is 5.69 Å². The van der Waals surface area contributed by atoms with Gasteiger partial charge in [-0.05, 0) is 37.3 Å². The van der Waals surface area contributed by atoms with Crippen LogP contribution in [0.1, 0.15) is 27.8 Å². The van der Waals surface area contributed by atoms with Crippen LogP contribution in [0, 0.1) is 0 Å². The van der Waals surface area contributed by atoms with E-state index in [2.05, 4.69) is 20.5 Å². The van der Waals surface area contributed by atoms with Crippen LogP contribution in [0.25, 0.3) is 0 Å². The van der Waals surface area contributed by atoms with E-state index in [1.54, 1.807) is 24.3 Å². The van der Waals surface area contributed by atoms with Gasteiger partial charge in [0.2, 0.25) is 0 Å². The van der Waals surface area contributed by atoms with Crippen LogP contribution < -0.4 is 15.4 Å². The number of anilines is 2. The lowest BCUT2D eigenvalue weighted by Gasteiger charge is -2.08. The molecule has 0 fully saturated rings. The minimum Gasteiger partial charge on any atom is -0.435 e. The molecule has 3 rings (SSSR count). The Morgan fingerprint density at radius 3 is 2.52 bits per heavy atom. The molecule has 0 saturated heterocycles. The Labute approximate surface area is 165 Å². The maximum atomic E-state index is 12.6. The highest BCUT2D eigenvalue weighted by Crippen LogP contribution is 2.20. The summed E-state index contributed by atoms with van der Waals surface area (Å²) < 4.78 is 30.6. The largest absolute Gasteiger partial charge is 0.435 e. The van der Waals surface area contributed by atoms with E-state index in [0.717, 1.165) is 0 Å². The van der Waals surface area contributed by atoms with E-state index in [4.69, 9.17) is 0 Å². The van der Waals surface area contributed by atoms with Crippen molar-refractivity contribution in [2.45, 2.75) is 20.1 Å². The summed E-state index contributed by atoms with van der Waals surface area (Å²) in [7, 11) is 0. The van der Waals surface area contributed by atoms with Crippen molar-refractivity contribution in [1.29, 1.82) is 0 Å². The van der Waals surface area contributed by atoms with E-state index in [-0.39, 0.29) is 22.7 Å². The van der Waals surface area contributed by atoms with Crippen LogP contribution in [0.3, 0.4) is 0 Å². The summed E-state index contributed by atoms with van der Waals surface area (Å²) in [6, 6.07) is 14.2. The van der Waals surface area contributed by atoms with E-state index in [9.17, 15) is 18.4 Å². The SMILES string of the molecule is CCn1cc(NC(=O)c2cccc(OC(F)F)c2)c(C(=O)Nc2ccccc2)n1. The molecule has 1 aromatic heterocycles. The second kappa shape index (κ2) is 8.96. The van der Waals surface area contributed by atoms with Crippen LogP contribution in [-0.2, 0) is 6.54 Å². The molecule has 2 amide bonds. The monoisotopic (exact) mass is 400 g/mol. The molecular formula is C20H18F2N4O3. The number of carbonyl (C=O) groups is 2. The maximum absolute atomic E-state index is 12.6. The zero-order valence-corrected chi connectivity index (χ0v) is 15.4. The summed E-state index contributed by atoms with van der Waals surface area (Å²) in [6.45, 7) is -0.675. The van der Waals surface area contributed by atoms with Crippen molar-refractivity contribution in [2.75, 3.05) is 10.6 Å². The van der Waals surface area contributed by atoms with E-state index < -0.39 is 18.4 Å². The molecule has 0 aliphatic heterocycles. The number of hydrogen-bond acceptors (Lipinski definition) is 4. The number of carbonyl (C=O) groups excluding carboxylic acids is 2. The molecule has 0 bridgehead atoms. The highest BCUT2D eigenvalue weighted by atomic mass is 19.3. The minimum atomic E-state index is -3.00. The first-order chi connectivity index (χ1) is 14.0. The third-order valence-corrected chi connectivity index (χ3v) is 3.90. The van der Waals surface area contributed by atoms with Crippen molar-refractivity contribution in [1.82, 2.24) is 9.78 Å². The summed E-state index contributed by atoms with van der Waals surface area (Å²) >= 11 is 0. The van der Waals surface area contributed by atoms with E-state index >= 15 is 0 Å². The Hall–Kier alpha value is -3.75. The number of ether oxygens (including phenoxy) is 1. The number of hydrogen-bond donors (Lipinski definition) is 2. The summed E-state index contributed by atoms with van der Waals surface area (Å²) in [5.41, 5.74) is 0.911. The molecule has 29 heavy (non-hydrogen) atoms. The van der Waals surface area contributed by atoms with Crippen molar-refractivity contribution in [3.05, 3.63) is 72.1 Å². The van der Waals surface area contributed by atoms with Gasteiger partial charge in [-0.2, -0.15) is 13.9 Å². The van der Waals surface area contributed by atoms with Crippen LogP contribution in [0.4, 0.5) is 20.2 Å². The molecule has 7 nitrogen and oxygen atoms in total. The predicted molar refractivity (Wildman–Crippen MR) is 103 cm³/mol. The third-order valence-electron chi connectivity index (χ3n) is 3.90. The number of benzene rings is 2. The van der Waals surface area contributed by atoms with E-state index in [1.807, 2.05) is 13.0 Å². The molecule has 2 aromatic carbocycles. The number of para-hydroxylation sites is 1. The van der Waals surface area contributed by atoms with Gasteiger partial charge in [0.1, 0.15) is 5.75 Å². The standard InChI is InChI=1S/C20H18F2N4O3/c1-2-26-12-16(17(25-26)19(28)23-14-8-4-3-5-9-14)24-18(27)13-7-6-10-15(11-13)29-20(21)22/h3-12,20H,2H2,1H3,(H,23,28)(H,24,27). The lowest BCUT2D eigenvalue weighted by molar-refractivity contribution is -0.0498. The highest BCUT2D eigenvalue weighted by Gasteiger charge is 2.20. The van der Waals surface area contributed by atoms with Crippen molar-refractivity contribution < 1.29 is 23.1 Å². The molecule has 0 unspecified atom stereocenters. The second-order valence-electron chi connectivity index (χ2n) is 5.93. The Bertz CT molecular complexity index is 1010. The number of alkyl halides is 2. The van der Waals surface area contributed by atoms with Gasteiger partial charge in [-0.3, -0.25) is 14.3 Å². The Balaban J connectivity index is 1.81. The minimum absolute atomic E-state index is 0.0315. The predicted octanol–water partition coefficient (Wildman–Crippen LogP) is 4.01.